The lowest BCUT2D eigenvalue weighted by Crippen LogP contribution is -2.62. The van der Waals surface area contributed by atoms with Gasteiger partial charge in [0.05, 0.1) is 45.7 Å². The van der Waals surface area contributed by atoms with Crippen molar-refractivity contribution >= 4 is 17.5 Å². The Morgan fingerprint density at radius 2 is 1.82 bits per heavy atom. The first-order valence-corrected chi connectivity index (χ1v) is 22.2. The fourth-order valence-electron chi connectivity index (χ4n) is 10.7. The zero-order valence-electron chi connectivity index (χ0n) is 36.9. The van der Waals surface area contributed by atoms with E-state index in [1.54, 1.807) is 19.1 Å². The van der Waals surface area contributed by atoms with Gasteiger partial charge in [-0.1, -0.05) is 69.3 Å². The van der Waals surface area contributed by atoms with E-state index < -0.39 is 24.2 Å². The van der Waals surface area contributed by atoms with Crippen molar-refractivity contribution in [3.05, 3.63) is 83.4 Å². The Morgan fingerprint density at radius 1 is 1.07 bits per heavy atom. The number of carbonyl (C=O) groups is 2. The van der Waals surface area contributed by atoms with Gasteiger partial charge < -0.3 is 41.0 Å². The first kappa shape index (κ1) is 45.0. The number of aliphatic hydroxyl groups is 2. The molecule has 2 saturated heterocycles. The number of fused-ring (bicyclic) bond motifs is 2. The van der Waals surface area contributed by atoms with Crippen molar-refractivity contribution in [2.75, 3.05) is 71.6 Å². The average Bonchev–Trinajstić information content (AvgIpc) is 3.63. The highest BCUT2D eigenvalue weighted by atomic mass is 16.7. The largest absolute Gasteiger partial charge is 0.496 e. The van der Waals surface area contributed by atoms with Crippen molar-refractivity contribution < 1.29 is 34.1 Å². The van der Waals surface area contributed by atoms with Crippen LogP contribution in [0.5, 0.6) is 5.75 Å². The number of benzene rings is 3. The van der Waals surface area contributed by atoms with Gasteiger partial charge in [-0.15, -0.1) is 0 Å². The third kappa shape index (κ3) is 9.78. The van der Waals surface area contributed by atoms with Crippen molar-refractivity contribution in [2.45, 2.75) is 83.8 Å². The number of nitrogens with two attached hydrogens (primary N) is 1. The van der Waals surface area contributed by atoms with Crippen molar-refractivity contribution in [3.8, 4) is 16.9 Å². The molecule has 8 rings (SSSR count). The van der Waals surface area contributed by atoms with Crippen molar-refractivity contribution in [2.24, 2.45) is 34.8 Å². The summed E-state index contributed by atoms with van der Waals surface area (Å²) in [6.45, 7) is 12.9. The maximum absolute atomic E-state index is 14.4. The quantitative estimate of drug-likeness (QED) is 0.133. The molecule has 3 aliphatic carbocycles. The van der Waals surface area contributed by atoms with Gasteiger partial charge in [0.1, 0.15) is 11.8 Å². The van der Waals surface area contributed by atoms with Gasteiger partial charge in [-0.25, -0.2) is 0 Å². The third-order valence-corrected chi connectivity index (χ3v) is 14.4. The number of hydroxylamine groups is 2. The standard InChI is InChI=1S/C48H68N6O7/c1-30-40-25-36(48(40,3)4)26-41(30)51-47(58)44-43(31(2)56)42(27-49)61-54(44)28-33-13-10-14-39(45(33)59-6)34-22-35(24-38(23-34)52(5)15-18-55)46(57)50-37(21-32-11-8-7-9-12-32)29-53-16-19-60-20-17-53/h7-14,22-24,30-31,36-37,40-44,55-56H,15-21,25-29,49H2,1-6H3,(H,50,57)(H,51,58)/t30-,31-,36+,37-,40-,41-,42-,43+,44?/m0/s1. The molecule has 61 heavy (non-hydrogen) atoms. The summed E-state index contributed by atoms with van der Waals surface area (Å²) < 4.78 is 11.8. The lowest BCUT2D eigenvalue weighted by atomic mass is 9.45. The topological polar surface area (TPSA) is 162 Å². The number of carbonyl (C=O) groups excluding carboxylic acids is 2. The normalized spacial score (nSPS) is 27.1. The summed E-state index contributed by atoms with van der Waals surface area (Å²) in [6, 6.07) is 20.9. The molecular weight excluding hydrogens is 773 g/mol. The smallest absolute Gasteiger partial charge is 0.251 e. The number of rotatable bonds is 17. The number of ether oxygens (including phenoxy) is 2. The van der Waals surface area contributed by atoms with Gasteiger partial charge in [0.25, 0.3) is 5.91 Å². The number of para-hydroxylation sites is 1. The van der Waals surface area contributed by atoms with Gasteiger partial charge in [-0.3, -0.25) is 19.3 Å². The summed E-state index contributed by atoms with van der Waals surface area (Å²) in [7, 11) is 3.51. The second kappa shape index (κ2) is 19.5. The summed E-state index contributed by atoms with van der Waals surface area (Å²) in [4.78, 5) is 39.5. The summed E-state index contributed by atoms with van der Waals surface area (Å²) in [5.41, 5.74) is 11.2. The summed E-state index contributed by atoms with van der Waals surface area (Å²) in [5, 5.41) is 29.4. The molecule has 1 unspecified atom stereocenters. The number of anilines is 1. The third-order valence-electron chi connectivity index (χ3n) is 14.4. The molecule has 13 heteroatoms. The van der Waals surface area contributed by atoms with Crippen LogP contribution in [0, 0.1) is 29.1 Å². The Kier molecular flexibility index (Phi) is 14.4. The molecule has 13 nitrogen and oxygen atoms in total. The molecule has 3 aromatic rings. The summed E-state index contributed by atoms with van der Waals surface area (Å²) in [5.74, 6) is 1.13. The fraction of sp³-hybridized carbons (Fsp3) is 0.583. The van der Waals surface area contributed by atoms with Crippen LogP contribution >= 0.6 is 0 Å². The van der Waals surface area contributed by atoms with E-state index in [4.69, 9.17) is 20.0 Å². The van der Waals surface area contributed by atoms with Crippen LogP contribution in [0.1, 0.15) is 62.0 Å². The molecule has 5 aliphatic rings. The van der Waals surface area contributed by atoms with Gasteiger partial charge >= 0.3 is 0 Å². The van der Waals surface area contributed by atoms with E-state index in [1.807, 2.05) is 66.5 Å². The van der Waals surface area contributed by atoms with Crippen LogP contribution in [0.15, 0.2) is 66.7 Å². The molecule has 9 atom stereocenters. The van der Waals surface area contributed by atoms with Crippen LogP contribution in [0.4, 0.5) is 5.69 Å². The van der Waals surface area contributed by atoms with Gasteiger partial charge in [-0.2, -0.15) is 5.06 Å². The number of hydrogen-bond acceptors (Lipinski definition) is 11. The molecule has 0 radical (unpaired) electrons. The Bertz CT molecular complexity index is 1960. The molecule has 332 valence electrons. The number of nitrogens with zero attached hydrogens (tertiary/aromatic N) is 3. The van der Waals surface area contributed by atoms with Crippen LogP contribution in [0.2, 0.25) is 0 Å². The lowest BCUT2D eigenvalue weighted by molar-refractivity contribution is -0.175. The fourth-order valence-corrected chi connectivity index (χ4v) is 10.7. The zero-order valence-corrected chi connectivity index (χ0v) is 36.9. The van der Waals surface area contributed by atoms with Crippen LogP contribution in [0.3, 0.4) is 0 Å². The minimum atomic E-state index is -0.844. The second-order valence-corrected chi connectivity index (χ2v) is 18.5. The molecule has 3 saturated carbocycles. The number of aliphatic hydroxyl groups excluding tert-OH is 2. The molecule has 5 fully saturated rings. The van der Waals surface area contributed by atoms with Gasteiger partial charge in [0, 0.05) is 80.2 Å². The average molecular weight is 841 g/mol. The number of nitrogens with one attached hydrogen (secondary N) is 2. The van der Waals surface area contributed by atoms with E-state index in [0.717, 1.165) is 47.5 Å². The van der Waals surface area contributed by atoms with Gasteiger partial charge in [0.2, 0.25) is 5.91 Å². The van der Waals surface area contributed by atoms with E-state index in [2.05, 4.69) is 48.4 Å². The second-order valence-electron chi connectivity index (χ2n) is 18.5. The predicted octanol–water partition coefficient (Wildman–Crippen LogP) is 4.09. The van der Waals surface area contributed by atoms with Gasteiger partial charge in [0.15, 0.2) is 0 Å². The molecule has 2 amide bonds. The molecular formula is C48H68N6O7. The first-order chi connectivity index (χ1) is 29.3. The minimum absolute atomic E-state index is 0.0474. The minimum Gasteiger partial charge on any atom is -0.496 e. The number of likely N-dealkylation sites (N-methyl/N-ethyl adjacent to an activating group) is 1. The summed E-state index contributed by atoms with van der Waals surface area (Å²) in [6.07, 6.45) is 1.41. The molecule has 6 N–H and O–H groups in total. The Morgan fingerprint density at radius 3 is 2.48 bits per heavy atom. The van der Waals surface area contributed by atoms with E-state index in [9.17, 15) is 19.8 Å². The first-order valence-electron chi connectivity index (χ1n) is 22.2. The number of amides is 2. The van der Waals surface area contributed by atoms with Crippen LogP contribution in [-0.2, 0) is 27.3 Å². The lowest BCUT2D eigenvalue weighted by Gasteiger charge is -2.62. The Hall–Kier alpha value is -4.08. The van der Waals surface area contributed by atoms with Crippen molar-refractivity contribution in [3.63, 3.8) is 0 Å². The highest BCUT2D eigenvalue weighted by Crippen LogP contribution is 2.61. The Labute approximate surface area is 361 Å². The summed E-state index contributed by atoms with van der Waals surface area (Å²) >= 11 is 0. The van der Waals surface area contributed by atoms with E-state index >= 15 is 0 Å². The van der Waals surface area contributed by atoms with Crippen LogP contribution < -0.4 is 26.0 Å². The maximum Gasteiger partial charge on any atom is 0.251 e. The van der Waals surface area contributed by atoms with Crippen LogP contribution in [-0.4, -0.2) is 129 Å². The highest BCUT2D eigenvalue weighted by molar-refractivity contribution is 5.97. The molecule has 2 aliphatic heterocycles. The molecule has 0 aromatic heterocycles. The SMILES string of the molecule is COc1c(CN2O[C@@H](CN)[C@@H]([C@H](C)O)C2C(=O)N[C@H]2C[C@H]3C[C@@H]([C@@H]2C)C3(C)C)cccc1-c1cc(C(=O)N[C@@H](Cc2ccccc2)CN2CCOCC2)cc(N(C)CCO)c1. The molecule has 2 heterocycles. The molecule has 3 aromatic carbocycles. The highest BCUT2D eigenvalue weighted by Gasteiger charge is 2.57. The predicted molar refractivity (Wildman–Crippen MR) is 237 cm³/mol. The molecule has 2 bridgehead atoms. The number of morpholine rings is 1. The van der Waals surface area contributed by atoms with Crippen LogP contribution in [0.25, 0.3) is 11.1 Å². The number of methoxy groups -OCH3 is 1. The van der Waals surface area contributed by atoms with E-state index in [1.165, 1.54) is 6.42 Å². The van der Waals surface area contributed by atoms with Crippen molar-refractivity contribution in [1.82, 2.24) is 20.6 Å². The monoisotopic (exact) mass is 841 g/mol. The zero-order chi connectivity index (χ0) is 43.4. The van der Waals surface area contributed by atoms with E-state index in [-0.39, 0.29) is 49.0 Å². The maximum atomic E-state index is 14.4. The van der Waals surface area contributed by atoms with Crippen molar-refractivity contribution in [1.29, 1.82) is 0 Å². The van der Waals surface area contributed by atoms with Gasteiger partial charge in [-0.05, 0) is 78.7 Å². The molecule has 0 spiro atoms. The Balaban J connectivity index is 1.17. The number of hydrogen-bond donors (Lipinski definition) is 5. The van der Waals surface area contributed by atoms with E-state index in [0.29, 0.717) is 61.8 Å².